The molecule has 1 fully saturated rings. The monoisotopic (exact) mass is 228 g/mol. The third kappa shape index (κ3) is 4.21. The third-order valence-corrected chi connectivity index (χ3v) is 2.68. The molecule has 4 heteroatoms. The van der Waals surface area contributed by atoms with Crippen LogP contribution < -0.4 is 0 Å². The molecule has 0 aromatic rings. The van der Waals surface area contributed by atoms with E-state index in [1.807, 2.05) is 0 Å². The number of carbonyl (C=O) groups excluding carboxylic acids is 2. The molecular formula is C12H20O4. The number of esters is 2. The van der Waals surface area contributed by atoms with Gasteiger partial charge in [-0.3, -0.25) is 9.59 Å². The second kappa shape index (κ2) is 5.87. The van der Waals surface area contributed by atoms with Crippen LogP contribution in [0.1, 0.15) is 58.8 Å². The number of ether oxygens (including phenoxy) is 2. The Kier molecular flexibility index (Phi) is 4.77. The lowest BCUT2D eigenvalue weighted by atomic mass is 10.1. The molecule has 0 atom stereocenters. The average Bonchev–Trinajstić information content (AvgIpc) is 2.15. The van der Waals surface area contributed by atoms with Crippen LogP contribution in [0.15, 0.2) is 0 Å². The molecule has 0 aromatic carbocycles. The first-order valence-corrected chi connectivity index (χ1v) is 5.99. The lowest BCUT2D eigenvalue weighted by Gasteiger charge is -2.32. The maximum Gasteiger partial charge on any atom is 0.320 e. The normalized spacial score (nSPS) is 19.1. The molecule has 0 unspecified atom stereocenters. The molecule has 1 saturated heterocycles. The minimum absolute atomic E-state index is 0.259. The van der Waals surface area contributed by atoms with Gasteiger partial charge in [0.05, 0.1) is 0 Å². The van der Waals surface area contributed by atoms with E-state index >= 15 is 0 Å². The van der Waals surface area contributed by atoms with Gasteiger partial charge in [0.1, 0.15) is 6.42 Å². The number of hydrogen-bond donors (Lipinski definition) is 0. The van der Waals surface area contributed by atoms with Crippen LogP contribution in [0.3, 0.4) is 0 Å². The van der Waals surface area contributed by atoms with Gasteiger partial charge >= 0.3 is 11.9 Å². The van der Waals surface area contributed by atoms with Gasteiger partial charge in [-0.15, -0.1) is 0 Å². The SMILES string of the molecule is CCCCCCCC1(C)OC(=O)CC(=O)O1. The maximum atomic E-state index is 11.1. The average molecular weight is 228 g/mol. The van der Waals surface area contributed by atoms with E-state index < -0.39 is 17.7 Å². The first-order valence-electron chi connectivity index (χ1n) is 5.99. The number of cyclic esters (lactones) is 2. The summed E-state index contributed by atoms with van der Waals surface area (Å²) in [6.45, 7) is 3.81. The van der Waals surface area contributed by atoms with Crippen LogP contribution in [0.2, 0.25) is 0 Å². The van der Waals surface area contributed by atoms with Gasteiger partial charge < -0.3 is 9.47 Å². The number of unbranched alkanes of at least 4 members (excludes halogenated alkanes) is 4. The fourth-order valence-electron chi connectivity index (χ4n) is 1.84. The lowest BCUT2D eigenvalue weighted by Crippen LogP contribution is -2.42. The summed E-state index contributed by atoms with van der Waals surface area (Å²) in [6, 6.07) is 0. The summed E-state index contributed by atoms with van der Waals surface area (Å²) in [6.07, 6.45) is 5.92. The summed E-state index contributed by atoms with van der Waals surface area (Å²) in [4.78, 5) is 22.2. The Labute approximate surface area is 96.3 Å². The molecule has 1 rings (SSSR count). The van der Waals surface area contributed by atoms with Crippen LogP contribution in [0, 0.1) is 0 Å². The standard InChI is InChI=1S/C12H20O4/c1-3-4-5-6-7-8-12(2)15-10(13)9-11(14)16-12/h3-9H2,1-2H3. The second-order valence-electron chi connectivity index (χ2n) is 4.42. The number of hydrogen-bond acceptors (Lipinski definition) is 4. The highest BCUT2D eigenvalue weighted by Crippen LogP contribution is 2.26. The Hall–Kier alpha value is -1.06. The molecule has 0 saturated carbocycles. The molecule has 1 aliphatic heterocycles. The molecule has 92 valence electrons. The van der Waals surface area contributed by atoms with E-state index in [1.165, 1.54) is 19.3 Å². The van der Waals surface area contributed by atoms with E-state index in [4.69, 9.17) is 9.47 Å². The molecule has 0 aliphatic carbocycles. The van der Waals surface area contributed by atoms with Crippen LogP contribution >= 0.6 is 0 Å². The van der Waals surface area contributed by atoms with Crippen molar-refractivity contribution in [1.29, 1.82) is 0 Å². The molecule has 0 bridgehead atoms. The molecule has 16 heavy (non-hydrogen) atoms. The van der Waals surface area contributed by atoms with Crippen LogP contribution in [0.25, 0.3) is 0 Å². The third-order valence-electron chi connectivity index (χ3n) is 2.68. The molecule has 0 spiro atoms. The minimum Gasteiger partial charge on any atom is -0.422 e. The molecule has 1 aliphatic rings. The summed E-state index contributed by atoms with van der Waals surface area (Å²) in [5.74, 6) is -1.99. The Balaban J connectivity index is 2.28. The Morgan fingerprint density at radius 3 is 2.19 bits per heavy atom. The fraction of sp³-hybridized carbons (Fsp3) is 0.833. The first-order chi connectivity index (χ1) is 7.56. The van der Waals surface area contributed by atoms with Gasteiger partial charge in [-0.2, -0.15) is 0 Å². The van der Waals surface area contributed by atoms with Gasteiger partial charge in [0.2, 0.25) is 0 Å². The van der Waals surface area contributed by atoms with Crippen molar-refractivity contribution < 1.29 is 19.1 Å². The van der Waals surface area contributed by atoms with Gasteiger partial charge in [0.15, 0.2) is 0 Å². The molecule has 0 radical (unpaired) electrons. The van der Waals surface area contributed by atoms with Crippen molar-refractivity contribution in [3.63, 3.8) is 0 Å². The molecule has 0 N–H and O–H groups in total. The summed E-state index contributed by atoms with van der Waals surface area (Å²) >= 11 is 0. The highest BCUT2D eigenvalue weighted by molar-refractivity contribution is 5.93. The van der Waals surface area contributed by atoms with E-state index in [9.17, 15) is 9.59 Å². The van der Waals surface area contributed by atoms with Crippen molar-refractivity contribution in [2.75, 3.05) is 0 Å². The van der Waals surface area contributed by atoms with Crippen molar-refractivity contribution in [2.45, 2.75) is 64.6 Å². The predicted octanol–water partition coefficient (Wildman–Crippen LogP) is 2.55. The second-order valence-corrected chi connectivity index (χ2v) is 4.42. The topological polar surface area (TPSA) is 52.6 Å². The number of rotatable bonds is 6. The zero-order chi connectivity index (χ0) is 12.0. The van der Waals surface area contributed by atoms with Crippen molar-refractivity contribution in [3.05, 3.63) is 0 Å². The molecule has 1 heterocycles. The van der Waals surface area contributed by atoms with Gasteiger partial charge in [0.25, 0.3) is 5.79 Å². The molecular weight excluding hydrogens is 208 g/mol. The van der Waals surface area contributed by atoms with E-state index in [1.54, 1.807) is 6.92 Å². The summed E-state index contributed by atoms with van der Waals surface area (Å²) in [5.41, 5.74) is 0. The van der Waals surface area contributed by atoms with Crippen LogP contribution in [0.5, 0.6) is 0 Å². The predicted molar refractivity (Wildman–Crippen MR) is 58.6 cm³/mol. The summed E-state index contributed by atoms with van der Waals surface area (Å²) in [7, 11) is 0. The zero-order valence-electron chi connectivity index (χ0n) is 10.1. The Bertz CT molecular complexity index is 244. The molecule has 4 nitrogen and oxygen atoms in total. The van der Waals surface area contributed by atoms with Crippen molar-refractivity contribution >= 4 is 11.9 Å². The number of carbonyl (C=O) groups is 2. The van der Waals surface area contributed by atoms with Crippen molar-refractivity contribution in [1.82, 2.24) is 0 Å². The van der Waals surface area contributed by atoms with E-state index in [0.29, 0.717) is 6.42 Å². The maximum absolute atomic E-state index is 11.1. The Morgan fingerprint density at radius 1 is 1.06 bits per heavy atom. The highest BCUT2D eigenvalue weighted by atomic mass is 16.7. The quantitative estimate of drug-likeness (QED) is 0.398. The van der Waals surface area contributed by atoms with Gasteiger partial charge in [-0.1, -0.05) is 32.6 Å². The first kappa shape index (κ1) is 13.0. The summed E-state index contributed by atoms with van der Waals surface area (Å²) < 4.78 is 10.1. The van der Waals surface area contributed by atoms with Crippen LogP contribution in [-0.2, 0) is 19.1 Å². The lowest BCUT2D eigenvalue weighted by molar-refractivity contribution is -0.239. The highest BCUT2D eigenvalue weighted by Gasteiger charge is 2.38. The zero-order valence-corrected chi connectivity index (χ0v) is 10.1. The van der Waals surface area contributed by atoms with E-state index in [0.717, 1.165) is 12.8 Å². The van der Waals surface area contributed by atoms with Gasteiger partial charge in [-0.25, -0.2) is 0 Å². The Morgan fingerprint density at radius 2 is 1.62 bits per heavy atom. The van der Waals surface area contributed by atoms with Crippen molar-refractivity contribution in [2.24, 2.45) is 0 Å². The largest absolute Gasteiger partial charge is 0.422 e. The van der Waals surface area contributed by atoms with Gasteiger partial charge in [0, 0.05) is 13.3 Å². The van der Waals surface area contributed by atoms with Crippen LogP contribution in [-0.4, -0.2) is 17.7 Å². The van der Waals surface area contributed by atoms with Crippen LogP contribution in [0.4, 0.5) is 0 Å². The van der Waals surface area contributed by atoms with Gasteiger partial charge in [-0.05, 0) is 6.42 Å². The minimum atomic E-state index is -1.03. The fourth-order valence-corrected chi connectivity index (χ4v) is 1.84. The molecule has 0 aromatic heterocycles. The smallest absolute Gasteiger partial charge is 0.320 e. The van der Waals surface area contributed by atoms with Crippen molar-refractivity contribution in [3.8, 4) is 0 Å². The van der Waals surface area contributed by atoms with E-state index in [2.05, 4.69) is 6.92 Å². The molecule has 0 amide bonds. The van der Waals surface area contributed by atoms with E-state index in [-0.39, 0.29) is 6.42 Å². The summed E-state index contributed by atoms with van der Waals surface area (Å²) in [5, 5.41) is 0.